The van der Waals surface area contributed by atoms with Crippen LogP contribution in [0.25, 0.3) is 0 Å². The minimum Gasteiger partial charge on any atom is -0.396 e. The van der Waals surface area contributed by atoms with Crippen LogP contribution in [0.5, 0.6) is 0 Å². The maximum atomic E-state index is 8.42. The van der Waals surface area contributed by atoms with Gasteiger partial charge >= 0.3 is 0 Å². The predicted molar refractivity (Wildman–Crippen MR) is 32.9 cm³/mol. The van der Waals surface area contributed by atoms with Gasteiger partial charge in [-0.2, -0.15) is 0 Å². The lowest BCUT2D eigenvalue weighted by molar-refractivity contribution is 0.300. The summed E-state index contributed by atoms with van der Waals surface area (Å²) in [6.07, 6.45) is 2.49. The van der Waals surface area contributed by atoms with Crippen molar-refractivity contribution in [3.63, 3.8) is 0 Å². The predicted octanol–water partition coefficient (Wildman–Crippen LogP) is 0.678. The third-order valence-electron chi connectivity index (χ3n) is 0.849. The van der Waals surface area contributed by atoms with Gasteiger partial charge in [-0.3, -0.25) is 0 Å². The molecule has 2 nitrogen and oxygen atoms in total. The lowest BCUT2D eigenvalue weighted by Crippen LogP contribution is -1.84. The smallest absolute Gasteiger partial charge is 0.0479 e. The third kappa shape index (κ3) is 1.28. The first-order valence-electron chi connectivity index (χ1n) is 2.44. The molecule has 0 spiro atoms. The Balaban J connectivity index is 2.50. The Kier molecular flexibility index (Phi) is 2.00. The van der Waals surface area contributed by atoms with Crippen molar-refractivity contribution in [3.05, 3.63) is 17.1 Å². The van der Waals surface area contributed by atoms with Gasteiger partial charge in [0.15, 0.2) is 0 Å². The average molecular weight is 129 g/mol. The Morgan fingerprint density at radius 3 is 3.12 bits per heavy atom. The van der Waals surface area contributed by atoms with Gasteiger partial charge in [-0.15, -0.1) is 0 Å². The van der Waals surface area contributed by atoms with E-state index >= 15 is 0 Å². The molecule has 1 rings (SSSR count). The Labute approximate surface area is 52.0 Å². The molecule has 0 saturated heterocycles. The summed E-state index contributed by atoms with van der Waals surface area (Å²) >= 11 is 1.44. The van der Waals surface area contributed by atoms with Crippen LogP contribution in [0.4, 0.5) is 0 Å². The third-order valence-corrected chi connectivity index (χ3v) is 1.65. The molecule has 0 saturated carbocycles. The highest BCUT2D eigenvalue weighted by atomic mass is 32.1. The molecule has 0 fully saturated rings. The average Bonchev–Trinajstić information content (AvgIpc) is 2.19. The number of aliphatic hydroxyl groups is 1. The first kappa shape index (κ1) is 5.72. The minimum absolute atomic E-state index is 0.224. The van der Waals surface area contributed by atoms with Gasteiger partial charge in [-0.25, -0.2) is 4.37 Å². The molecule has 1 aromatic rings. The van der Waals surface area contributed by atoms with Crippen molar-refractivity contribution in [1.82, 2.24) is 4.37 Å². The van der Waals surface area contributed by atoms with Crippen LogP contribution < -0.4 is 0 Å². The van der Waals surface area contributed by atoms with E-state index in [0.717, 1.165) is 11.3 Å². The molecule has 0 unspecified atom stereocenters. The van der Waals surface area contributed by atoms with Crippen molar-refractivity contribution < 1.29 is 5.11 Å². The molecule has 0 aliphatic carbocycles. The van der Waals surface area contributed by atoms with Crippen LogP contribution in [-0.4, -0.2) is 16.1 Å². The lowest BCUT2D eigenvalue weighted by atomic mass is 10.4. The second-order valence-corrected chi connectivity index (χ2v) is 2.37. The van der Waals surface area contributed by atoms with Crippen molar-refractivity contribution >= 4 is 11.5 Å². The number of hydrogen-bond donors (Lipinski definition) is 1. The summed E-state index contributed by atoms with van der Waals surface area (Å²) < 4.78 is 3.87. The summed E-state index contributed by atoms with van der Waals surface area (Å²) in [4.78, 5) is 1.15. The van der Waals surface area contributed by atoms with Crippen LogP contribution in [-0.2, 0) is 6.42 Å². The maximum absolute atomic E-state index is 8.42. The minimum atomic E-state index is 0.224. The van der Waals surface area contributed by atoms with Crippen LogP contribution in [0.3, 0.4) is 0 Å². The molecule has 1 N–H and O–H groups in total. The Hall–Kier alpha value is -0.410. The maximum Gasteiger partial charge on any atom is 0.0479 e. The molecular formula is C5H7NOS. The van der Waals surface area contributed by atoms with Gasteiger partial charge in [0.05, 0.1) is 0 Å². The Morgan fingerprint density at radius 2 is 2.62 bits per heavy atom. The summed E-state index contributed by atoms with van der Waals surface area (Å²) in [6, 6.07) is 1.92. The first-order chi connectivity index (χ1) is 3.93. The fraction of sp³-hybridized carbons (Fsp3) is 0.400. The molecule has 0 aromatic carbocycles. The molecule has 3 heteroatoms. The second kappa shape index (κ2) is 2.79. The molecule has 0 atom stereocenters. The first-order valence-corrected chi connectivity index (χ1v) is 3.21. The van der Waals surface area contributed by atoms with E-state index in [1.54, 1.807) is 6.20 Å². The summed E-state index contributed by atoms with van der Waals surface area (Å²) in [5.74, 6) is 0. The van der Waals surface area contributed by atoms with E-state index in [0.29, 0.717) is 0 Å². The molecule has 0 amide bonds. The van der Waals surface area contributed by atoms with E-state index in [4.69, 9.17) is 5.11 Å². The van der Waals surface area contributed by atoms with Gasteiger partial charge in [0, 0.05) is 24.1 Å². The quantitative estimate of drug-likeness (QED) is 0.637. The van der Waals surface area contributed by atoms with Gasteiger partial charge in [-0.05, 0) is 17.6 Å². The molecule has 1 heterocycles. The molecule has 44 valence electrons. The number of rotatable bonds is 2. The zero-order valence-corrected chi connectivity index (χ0v) is 5.19. The molecule has 0 radical (unpaired) electrons. The molecule has 0 bridgehead atoms. The lowest BCUT2D eigenvalue weighted by Gasteiger charge is -1.84. The van der Waals surface area contributed by atoms with E-state index in [-0.39, 0.29) is 6.61 Å². The molecule has 0 aliphatic heterocycles. The highest BCUT2D eigenvalue weighted by Gasteiger charge is 1.89. The van der Waals surface area contributed by atoms with Gasteiger partial charge in [0.1, 0.15) is 0 Å². The molecule has 1 aromatic heterocycles. The standard InChI is InChI=1S/C5H7NOS/c7-4-2-5-1-3-6-8-5/h1,3,7H,2,4H2. The normalized spacial score (nSPS) is 9.62. The van der Waals surface area contributed by atoms with Crippen LogP contribution in [0.2, 0.25) is 0 Å². The van der Waals surface area contributed by atoms with E-state index in [1.165, 1.54) is 11.5 Å². The molecular weight excluding hydrogens is 122 g/mol. The fourth-order valence-corrected chi connectivity index (χ4v) is 1.04. The van der Waals surface area contributed by atoms with Crippen molar-refractivity contribution in [3.8, 4) is 0 Å². The zero-order valence-electron chi connectivity index (χ0n) is 4.37. The number of aromatic nitrogens is 1. The van der Waals surface area contributed by atoms with E-state index < -0.39 is 0 Å². The summed E-state index contributed by atoms with van der Waals surface area (Å²) in [5.41, 5.74) is 0. The van der Waals surface area contributed by atoms with Gasteiger partial charge in [-0.1, -0.05) is 0 Å². The number of nitrogens with zero attached hydrogens (tertiary/aromatic N) is 1. The number of aliphatic hydroxyl groups excluding tert-OH is 1. The fourth-order valence-electron chi connectivity index (χ4n) is 0.481. The van der Waals surface area contributed by atoms with E-state index in [9.17, 15) is 0 Å². The summed E-state index contributed by atoms with van der Waals surface area (Å²) in [6.45, 7) is 0.224. The van der Waals surface area contributed by atoms with Crippen LogP contribution >= 0.6 is 11.5 Å². The highest BCUT2D eigenvalue weighted by molar-refractivity contribution is 7.05. The SMILES string of the molecule is OCCc1ccns1. The van der Waals surface area contributed by atoms with Gasteiger partial charge < -0.3 is 5.11 Å². The molecule has 8 heavy (non-hydrogen) atoms. The molecule has 0 aliphatic rings. The van der Waals surface area contributed by atoms with Gasteiger partial charge in [0.25, 0.3) is 0 Å². The topological polar surface area (TPSA) is 33.1 Å². The van der Waals surface area contributed by atoms with Crippen LogP contribution in [0.1, 0.15) is 4.88 Å². The van der Waals surface area contributed by atoms with E-state index in [2.05, 4.69) is 4.37 Å². The Morgan fingerprint density at radius 1 is 1.75 bits per heavy atom. The highest BCUT2D eigenvalue weighted by Crippen LogP contribution is 2.03. The van der Waals surface area contributed by atoms with Gasteiger partial charge in [0.2, 0.25) is 0 Å². The van der Waals surface area contributed by atoms with Crippen molar-refractivity contribution in [2.24, 2.45) is 0 Å². The van der Waals surface area contributed by atoms with Crippen molar-refractivity contribution in [2.75, 3.05) is 6.61 Å². The Bertz CT molecular complexity index is 138. The largest absolute Gasteiger partial charge is 0.396 e. The van der Waals surface area contributed by atoms with E-state index in [1.807, 2.05) is 6.07 Å². The zero-order chi connectivity index (χ0) is 5.82. The number of hydrogen-bond acceptors (Lipinski definition) is 3. The monoisotopic (exact) mass is 129 g/mol. The second-order valence-electron chi connectivity index (χ2n) is 1.45. The van der Waals surface area contributed by atoms with Crippen LogP contribution in [0.15, 0.2) is 12.3 Å². The van der Waals surface area contributed by atoms with Crippen molar-refractivity contribution in [2.45, 2.75) is 6.42 Å². The summed E-state index contributed by atoms with van der Waals surface area (Å²) in [5, 5.41) is 8.42. The van der Waals surface area contributed by atoms with Crippen molar-refractivity contribution in [1.29, 1.82) is 0 Å². The summed E-state index contributed by atoms with van der Waals surface area (Å²) in [7, 11) is 0. The van der Waals surface area contributed by atoms with Crippen LogP contribution in [0, 0.1) is 0 Å².